The summed E-state index contributed by atoms with van der Waals surface area (Å²) in [5, 5.41) is 0. The molecule has 0 aliphatic heterocycles. The van der Waals surface area contributed by atoms with Crippen molar-refractivity contribution >= 4 is 18.3 Å². The Kier molecular flexibility index (Phi) is 7.10. The SMILES string of the molecule is CCN(CCCCCCS)c1ccc(F)cc1. The van der Waals surface area contributed by atoms with Gasteiger partial charge >= 0.3 is 0 Å². The first kappa shape index (κ1) is 14.4. The summed E-state index contributed by atoms with van der Waals surface area (Å²) >= 11 is 4.20. The Morgan fingerprint density at radius 2 is 1.71 bits per heavy atom. The van der Waals surface area contributed by atoms with Crippen molar-refractivity contribution < 1.29 is 4.39 Å². The van der Waals surface area contributed by atoms with E-state index in [0.717, 1.165) is 24.5 Å². The molecule has 1 nitrogen and oxygen atoms in total. The molecule has 0 fully saturated rings. The number of thiol groups is 1. The zero-order valence-electron chi connectivity index (χ0n) is 10.5. The first-order valence-electron chi connectivity index (χ1n) is 6.39. The Labute approximate surface area is 109 Å². The molecule has 17 heavy (non-hydrogen) atoms. The number of benzene rings is 1. The highest BCUT2D eigenvalue weighted by molar-refractivity contribution is 7.80. The van der Waals surface area contributed by atoms with E-state index in [1.165, 1.54) is 37.8 Å². The highest BCUT2D eigenvalue weighted by Gasteiger charge is 2.03. The lowest BCUT2D eigenvalue weighted by molar-refractivity contribution is 0.626. The maximum atomic E-state index is 12.8. The zero-order chi connectivity index (χ0) is 12.5. The summed E-state index contributed by atoms with van der Waals surface area (Å²) in [6.45, 7) is 4.16. The van der Waals surface area contributed by atoms with Crippen LogP contribution in [0.25, 0.3) is 0 Å². The van der Waals surface area contributed by atoms with Crippen molar-refractivity contribution in [1.29, 1.82) is 0 Å². The minimum atomic E-state index is -0.168. The van der Waals surface area contributed by atoms with E-state index in [2.05, 4.69) is 24.5 Å². The number of rotatable bonds is 8. The van der Waals surface area contributed by atoms with Gasteiger partial charge in [0.05, 0.1) is 0 Å². The Morgan fingerprint density at radius 1 is 1.06 bits per heavy atom. The lowest BCUT2D eigenvalue weighted by Crippen LogP contribution is -2.23. The fraction of sp³-hybridized carbons (Fsp3) is 0.571. The van der Waals surface area contributed by atoms with Gasteiger partial charge in [0.25, 0.3) is 0 Å². The Morgan fingerprint density at radius 3 is 2.29 bits per heavy atom. The van der Waals surface area contributed by atoms with Crippen LogP contribution in [0.5, 0.6) is 0 Å². The molecular formula is C14H22FNS. The molecule has 1 aromatic rings. The van der Waals surface area contributed by atoms with E-state index in [1.807, 2.05) is 12.1 Å². The van der Waals surface area contributed by atoms with Crippen molar-refractivity contribution in [3.8, 4) is 0 Å². The molecule has 0 heterocycles. The van der Waals surface area contributed by atoms with E-state index in [9.17, 15) is 4.39 Å². The lowest BCUT2D eigenvalue weighted by Gasteiger charge is -2.23. The summed E-state index contributed by atoms with van der Waals surface area (Å²) in [6, 6.07) is 6.76. The average molecular weight is 255 g/mol. The van der Waals surface area contributed by atoms with Crippen LogP contribution in [-0.4, -0.2) is 18.8 Å². The van der Waals surface area contributed by atoms with Crippen LogP contribution in [0.1, 0.15) is 32.6 Å². The van der Waals surface area contributed by atoms with Crippen LogP contribution in [0.15, 0.2) is 24.3 Å². The Balaban J connectivity index is 2.35. The van der Waals surface area contributed by atoms with Crippen molar-refractivity contribution in [2.75, 3.05) is 23.7 Å². The Bertz CT molecular complexity index is 300. The third-order valence-corrected chi connectivity index (χ3v) is 3.23. The number of unbranched alkanes of at least 4 members (excludes halogenated alkanes) is 3. The molecule has 1 aromatic carbocycles. The largest absolute Gasteiger partial charge is 0.372 e. The molecule has 0 spiro atoms. The average Bonchev–Trinajstić information content (AvgIpc) is 2.35. The van der Waals surface area contributed by atoms with Crippen molar-refractivity contribution in [2.45, 2.75) is 32.6 Å². The molecule has 0 unspecified atom stereocenters. The second-order valence-corrected chi connectivity index (χ2v) is 4.64. The first-order chi connectivity index (χ1) is 8.27. The van der Waals surface area contributed by atoms with Crippen LogP contribution < -0.4 is 4.90 Å². The molecule has 0 N–H and O–H groups in total. The van der Waals surface area contributed by atoms with Crippen molar-refractivity contribution in [3.63, 3.8) is 0 Å². The summed E-state index contributed by atoms with van der Waals surface area (Å²) in [7, 11) is 0. The molecule has 0 aliphatic carbocycles. The molecule has 0 saturated carbocycles. The van der Waals surface area contributed by atoms with Gasteiger partial charge < -0.3 is 4.90 Å². The summed E-state index contributed by atoms with van der Waals surface area (Å²) in [4.78, 5) is 2.29. The number of anilines is 1. The molecule has 0 saturated heterocycles. The van der Waals surface area contributed by atoms with Gasteiger partial charge in [-0.15, -0.1) is 0 Å². The van der Waals surface area contributed by atoms with Gasteiger partial charge in [0.2, 0.25) is 0 Å². The minimum absolute atomic E-state index is 0.168. The van der Waals surface area contributed by atoms with E-state index in [-0.39, 0.29) is 5.82 Å². The molecule has 1 rings (SSSR count). The minimum Gasteiger partial charge on any atom is -0.372 e. The smallest absolute Gasteiger partial charge is 0.123 e. The summed E-state index contributed by atoms with van der Waals surface area (Å²) in [5.41, 5.74) is 1.11. The van der Waals surface area contributed by atoms with Crippen LogP contribution >= 0.6 is 12.6 Å². The molecule has 3 heteroatoms. The standard InChI is InChI=1S/C14H22FNS/c1-2-16(11-5-3-4-6-12-17)14-9-7-13(15)8-10-14/h7-10,17H,2-6,11-12H2,1H3. The van der Waals surface area contributed by atoms with Crippen LogP contribution in [0.2, 0.25) is 0 Å². The van der Waals surface area contributed by atoms with Gasteiger partial charge in [0.15, 0.2) is 0 Å². The number of halogens is 1. The van der Waals surface area contributed by atoms with Gasteiger partial charge in [0.1, 0.15) is 5.82 Å². The first-order valence-corrected chi connectivity index (χ1v) is 7.02. The van der Waals surface area contributed by atoms with Gasteiger partial charge in [-0.1, -0.05) is 12.8 Å². The van der Waals surface area contributed by atoms with Gasteiger partial charge in [0, 0.05) is 18.8 Å². The second kappa shape index (κ2) is 8.40. The third kappa shape index (κ3) is 5.44. The van der Waals surface area contributed by atoms with E-state index in [4.69, 9.17) is 0 Å². The summed E-state index contributed by atoms with van der Waals surface area (Å²) in [6.07, 6.45) is 4.90. The topological polar surface area (TPSA) is 3.24 Å². The van der Waals surface area contributed by atoms with E-state index < -0.39 is 0 Å². The van der Waals surface area contributed by atoms with Crippen molar-refractivity contribution in [3.05, 3.63) is 30.1 Å². The normalized spacial score (nSPS) is 10.5. The van der Waals surface area contributed by atoms with E-state index >= 15 is 0 Å². The number of nitrogens with zero attached hydrogens (tertiary/aromatic N) is 1. The lowest BCUT2D eigenvalue weighted by atomic mass is 10.2. The van der Waals surface area contributed by atoms with Gasteiger partial charge in [-0.2, -0.15) is 12.6 Å². The Hall–Kier alpha value is -0.700. The molecule has 0 aromatic heterocycles. The highest BCUT2D eigenvalue weighted by atomic mass is 32.1. The fourth-order valence-corrected chi connectivity index (χ4v) is 2.11. The van der Waals surface area contributed by atoms with Crippen molar-refractivity contribution in [1.82, 2.24) is 0 Å². The van der Waals surface area contributed by atoms with Gasteiger partial charge in [-0.3, -0.25) is 0 Å². The number of hydrogen-bond donors (Lipinski definition) is 1. The maximum absolute atomic E-state index is 12.8. The molecule has 96 valence electrons. The third-order valence-electron chi connectivity index (χ3n) is 2.91. The molecular weight excluding hydrogens is 233 g/mol. The quantitative estimate of drug-likeness (QED) is 0.539. The molecule has 0 bridgehead atoms. The van der Waals surface area contributed by atoms with Crippen LogP contribution in [-0.2, 0) is 0 Å². The summed E-state index contributed by atoms with van der Waals surface area (Å²) in [5.74, 6) is 0.814. The summed E-state index contributed by atoms with van der Waals surface area (Å²) < 4.78 is 12.8. The monoisotopic (exact) mass is 255 g/mol. The van der Waals surface area contributed by atoms with E-state index in [0.29, 0.717) is 0 Å². The van der Waals surface area contributed by atoms with Crippen LogP contribution in [0.4, 0.5) is 10.1 Å². The molecule has 0 atom stereocenters. The van der Waals surface area contributed by atoms with E-state index in [1.54, 1.807) is 0 Å². The second-order valence-electron chi connectivity index (χ2n) is 4.19. The zero-order valence-corrected chi connectivity index (χ0v) is 11.4. The molecule has 0 radical (unpaired) electrons. The predicted molar refractivity (Wildman–Crippen MR) is 76.6 cm³/mol. The number of hydrogen-bond acceptors (Lipinski definition) is 2. The van der Waals surface area contributed by atoms with Gasteiger partial charge in [-0.25, -0.2) is 4.39 Å². The highest BCUT2D eigenvalue weighted by Crippen LogP contribution is 2.15. The molecule has 0 amide bonds. The van der Waals surface area contributed by atoms with Crippen LogP contribution in [0, 0.1) is 5.82 Å². The van der Waals surface area contributed by atoms with Crippen molar-refractivity contribution in [2.24, 2.45) is 0 Å². The molecule has 0 aliphatic rings. The van der Waals surface area contributed by atoms with Crippen LogP contribution in [0.3, 0.4) is 0 Å². The predicted octanol–water partition coefficient (Wildman–Crippen LogP) is 4.14. The fourth-order valence-electron chi connectivity index (χ4n) is 1.89. The maximum Gasteiger partial charge on any atom is 0.123 e. The van der Waals surface area contributed by atoms with Gasteiger partial charge in [-0.05, 0) is 49.8 Å².